The number of carbonyl (C=O) groups is 2. The molecule has 0 aromatic rings. The number of nitrogens with zero attached hydrogens (tertiary/aromatic N) is 1. The first kappa shape index (κ1) is 15.9. The summed E-state index contributed by atoms with van der Waals surface area (Å²) in [5.74, 6) is -0.795. The Labute approximate surface area is 103 Å². The van der Waals surface area contributed by atoms with Gasteiger partial charge in [0, 0.05) is 32.0 Å². The molecule has 0 aliphatic carbocycles. The molecule has 0 rings (SSSR count). The van der Waals surface area contributed by atoms with Crippen LogP contribution in [0, 0.1) is 0 Å². The second-order valence-corrected chi connectivity index (χ2v) is 4.53. The number of carboxylic acid groups (broad SMARTS) is 1. The van der Waals surface area contributed by atoms with Gasteiger partial charge in [-0.15, -0.1) is 0 Å². The lowest BCUT2D eigenvalue weighted by atomic mass is 10.2. The largest absolute Gasteiger partial charge is 0.481 e. The highest BCUT2D eigenvalue weighted by Gasteiger charge is 2.05. The molecule has 5 nitrogen and oxygen atoms in total. The fourth-order valence-electron chi connectivity index (χ4n) is 1.28. The third-order valence-corrected chi connectivity index (χ3v) is 2.71. The quantitative estimate of drug-likeness (QED) is 0.596. The predicted molar refractivity (Wildman–Crippen MR) is 66.9 cm³/mol. The van der Waals surface area contributed by atoms with Crippen LogP contribution in [0.25, 0.3) is 0 Å². The van der Waals surface area contributed by atoms with Gasteiger partial charge in [-0.1, -0.05) is 0 Å². The van der Waals surface area contributed by atoms with Crippen LogP contribution in [0.15, 0.2) is 0 Å². The van der Waals surface area contributed by atoms with Crippen LogP contribution in [0.4, 0.5) is 0 Å². The number of nitrogens with one attached hydrogen (secondary N) is 1. The van der Waals surface area contributed by atoms with E-state index in [0.29, 0.717) is 31.8 Å². The summed E-state index contributed by atoms with van der Waals surface area (Å²) in [5.41, 5.74) is 0. The topological polar surface area (TPSA) is 69.6 Å². The van der Waals surface area contributed by atoms with Crippen molar-refractivity contribution in [3.8, 4) is 0 Å². The number of carboxylic acids is 1. The number of unbranched alkanes of at least 4 members (excludes halogenated alkanes) is 1. The summed E-state index contributed by atoms with van der Waals surface area (Å²) >= 11 is 0. The molecule has 0 aromatic heterocycles. The second kappa shape index (κ2) is 8.98. The van der Waals surface area contributed by atoms with Gasteiger partial charge in [0.1, 0.15) is 0 Å². The number of carbonyl (C=O) groups excluding carboxylic acids is 1. The fourth-order valence-corrected chi connectivity index (χ4v) is 1.28. The van der Waals surface area contributed by atoms with Gasteiger partial charge in [0.2, 0.25) is 5.91 Å². The van der Waals surface area contributed by atoms with Gasteiger partial charge in [0.15, 0.2) is 0 Å². The van der Waals surface area contributed by atoms with Gasteiger partial charge in [0.25, 0.3) is 0 Å². The Kier molecular flexibility index (Phi) is 8.40. The van der Waals surface area contributed by atoms with Crippen molar-refractivity contribution in [2.75, 3.05) is 20.1 Å². The van der Waals surface area contributed by atoms with Crippen LogP contribution in [0.5, 0.6) is 0 Å². The summed E-state index contributed by atoms with van der Waals surface area (Å²) in [6, 6.07) is 0.475. The number of aliphatic carboxylic acids is 1. The Morgan fingerprint density at radius 1 is 1.24 bits per heavy atom. The van der Waals surface area contributed by atoms with Crippen molar-refractivity contribution >= 4 is 11.9 Å². The number of likely N-dealkylation sites (N-methyl/N-ethyl adjacent to an activating group) is 1. The summed E-state index contributed by atoms with van der Waals surface area (Å²) in [6.45, 7) is 5.69. The minimum Gasteiger partial charge on any atom is -0.481 e. The molecular formula is C12H24N2O3. The van der Waals surface area contributed by atoms with Gasteiger partial charge in [-0.3, -0.25) is 9.59 Å². The maximum absolute atomic E-state index is 11.4. The summed E-state index contributed by atoms with van der Waals surface area (Å²) < 4.78 is 0. The first-order chi connectivity index (χ1) is 7.93. The molecule has 5 heteroatoms. The van der Waals surface area contributed by atoms with E-state index in [-0.39, 0.29) is 12.3 Å². The summed E-state index contributed by atoms with van der Waals surface area (Å²) in [7, 11) is 2.02. The highest BCUT2D eigenvalue weighted by Crippen LogP contribution is 1.99. The molecule has 0 atom stereocenters. The smallest absolute Gasteiger partial charge is 0.303 e. The van der Waals surface area contributed by atoms with Crippen LogP contribution >= 0.6 is 0 Å². The molecule has 0 aliphatic rings. The van der Waals surface area contributed by atoms with Gasteiger partial charge in [0.05, 0.1) is 0 Å². The summed E-state index contributed by atoms with van der Waals surface area (Å²) in [4.78, 5) is 23.8. The zero-order valence-electron chi connectivity index (χ0n) is 11.0. The van der Waals surface area contributed by atoms with Gasteiger partial charge in [-0.25, -0.2) is 0 Å². The molecule has 1 amide bonds. The molecule has 0 fully saturated rings. The van der Waals surface area contributed by atoms with E-state index in [2.05, 4.69) is 24.1 Å². The van der Waals surface area contributed by atoms with E-state index in [1.54, 1.807) is 0 Å². The number of amides is 1. The molecule has 0 spiro atoms. The summed E-state index contributed by atoms with van der Waals surface area (Å²) in [5, 5.41) is 11.3. The Bertz CT molecular complexity index is 242. The van der Waals surface area contributed by atoms with E-state index in [1.807, 2.05) is 7.05 Å². The molecule has 0 saturated heterocycles. The average Bonchev–Trinajstić information content (AvgIpc) is 2.23. The Morgan fingerprint density at radius 2 is 1.82 bits per heavy atom. The van der Waals surface area contributed by atoms with Crippen LogP contribution < -0.4 is 5.32 Å². The molecule has 0 unspecified atom stereocenters. The number of hydrogen-bond donors (Lipinski definition) is 2. The molecule has 0 bridgehead atoms. The van der Waals surface area contributed by atoms with E-state index in [0.717, 1.165) is 6.54 Å². The minimum atomic E-state index is -0.802. The van der Waals surface area contributed by atoms with Crippen LogP contribution in [0.1, 0.15) is 39.5 Å². The third-order valence-electron chi connectivity index (χ3n) is 2.71. The number of hydrogen-bond acceptors (Lipinski definition) is 3. The van der Waals surface area contributed by atoms with E-state index in [9.17, 15) is 9.59 Å². The van der Waals surface area contributed by atoms with Crippen LogP contribution in [0.2, 0.25) is 0 Å². The lowest BCUT2D eigenvalue weighted by molar-refractivity contribution is -0.137. The maximum atomic E-state index is 11.4. The van der Waals surface area contributed by atoms with Gasteiger partial charge < -0.3 is 15.3 Å². The van der Waals surface area contributed by atoms with E-state index in [1.165, 1.54) is 0 Å². The molecule has 0 radical (unpaired) electrons. The van der Waals surface area contributed by atoms with Crippen molar-refractivity contribution < 1.29 is 14.7 Å². The van der Waals surface area contributed by atoms with Crippen LogP contribution in [0.3, 0.4) is 0 Å². The highest BCUT2D eigenvalue weighted by molar-refractivity contribution is 5.75. The normalized spacial score (nSPS) is 10.9. The molecule has 0 aliphatic heterocycles. The Morgan fingerprint density at radius 3 is 2.35 bits per heavy atom. The van der Waals surface area contributed by atoms with E-state index < -0.39 is 5.97 Å². The molecule has 100 valence electrons. The molecule has 2 N–H and O–H groups in total. The van der Waals surface area contributed by atoms with Crippen molar-refractivity contribution in [2.24, 2.45) is 0 Å². The highest BCUT2D eigenvalue weighted by atomic mass is 16.4. The van der Waals surface area contributed by atoms with Crippen molar-refractivity contribution in [1.29, 1.82) is 0 Å². The van der Waals surface area contributed by atoms with Crippen molar-refractivity contribution in [3.63, 3.8) is 0 Å². The average molecular weight is 244 g/mol. The first-order valence-electron chi connectivity index (χ1n) is 6.12. The molecule has 17 heavy (non-hydrogen) atoms. The van der Waals surface area contributed by atoms with Gasteiger partial charge >= 0.3 is 5.97 Å². The monoisotopic (exact) mass is 244 g/mol. The van der Waals surface area contributed by atoms with E-state index in [4.69, 9.17) is 5.11 Å². The zero-order chi connectivity index (χ0) is 13.3. The zero-order valence-corrected chi connectivity index (χ0v) is 11.0. The van der Waals surface area contributed by atoms with Crippen LogP contribution in [-0.4, -0.2) is 48.1 Å². The molecule has 0 aromatic carbocycles. The molecular weight excluding hydrogens is 220 g/mol. The summed E-state index contributed by atoms with van der Waals surface area (Å²) in [6.07, 6.45) is 1.76. The Balaban J connectivity index is 3.44. The standard InChI is InChI=1S/C12H24N2O3/c1-10(2)14(3)9-8-13-11(15)6-4-5-7-12(16)17/h10H,4-9H2,1-3H3,(H,13,15)(H,16,17). The van der Waals surface area contributed by atoms with Crippen molar-refractivity contribution in [1.82, 2.24) is 10.2 Å². The third kappa shape index (κ3) is 9.81. The fraction of sp³-hybridized carbons (Fsp3) is 0.833. The van der Waals surface area contributed by atoms with Crippen molar-refractivity contribution in [2.45, 2.75) is 45.6 Å². The minimum absolute atomic E-state index is 0.00699. The first-order valence-corrected chi connectivity index (χ1v) is 6.12. The van der Waals surface area contributed by atoms with Crippen molar-refractivity contribution in [3.05, 3.63) is 0 Å². The lowest BCUT2D eigenvalue weighted by Gasteiger charge is -2.20. The number of rotatable bonds is 9. The SMILES string of the molecule is CC(C)N(C)CCNC(=O)CCCCC(=O)O. The second-order valence-electron chi connectivity index (χ2n) is 4.53. The molecule has 0 saturated carbocycles. The van der Waals surface area contributed by atoms with Gasteiger partial charge in [-0.2, -0.15) is 0 Å². The lowest BCUT2D eigenvalue weighted by Crippen LogP contribution is -2.36. The Hall–Kier alpha value is -1.10. The van der Waals surface area contributed by atoms with E-state index >= 15 is 0 Å². The predicted octanol–water partition coefficient (Wildman–Crippen LogP) is 1.09. The van der Waals surface area contributed by atoms with Gasteiger partial charge in [-0.05, 0) is 33.7 Å². The maximum Gasteiger partial charge on any atom is 0.303 e. The van der Waals surface area contributed by atoms with Crippen LogP contribution in [-0.2, 0) is 9.59 Å². The molecule has 0 heterocycles.